The van der Waals surface area contributed by atoms with Crippen molar-refractivity contribution in [3.8, 4) is 0 Å². The molecule has 1 aliphatic rings. The van der Waals surface area contributed by atoms with Gasteiger partial charge in [0.15, 0.2) is 0 Å². The van der Waals surface area contributed by atoms with Gasteiger partial charge in [0.25, 0.3) is 0 Å². The highest BCUT2D eigenvalue weighted by molar-refractivity contribution is 6.31. The van der Waals surface area contributed by atoms with Crippen LogP contribution in [0.2, 0.25) is 5.02 Å². The molecule has 0 aliphatic carbocycles. The summed E-state index contributed by atoms with van der Waals surface area (Å²) in [6.45, 7) is 7.61. The Morgan fingerprint density at radius 1 is 1.05 bits per heavy atom. The smallest absolute Gasteiger partial charge is 0.0453 e. The van der Waals surface area contributed by atoms with E-state index < -0.39 is 0 Å². The molecule has 0 spiro atoms. The van der Waals surface area contributed by atoms with Gasteiger partial charge in [0, 0.05) is 56.2 Å². The monoisotopic (exact) mass is 315 g/mol. The van der Waals surface area contributed by atoms with Gasteiger partial charge in [-0.1, -0.05) is 29.8 Å². The summed E-state index contributed by atoms with van der Waals surface area (Å²) >= 11 is 6.33. The number of pyridine rings is 1. The highest BCUT2D eigenvalue weighted by Gasteiger charge is 2.23. The molecule has 1 aliphatic heterocycles. The second kappa shape index (κ2) is 7.23. The number of aromatic nitrogens is 1. The second-order valence-corrected chi connectivity index (χ2v) is 6.27. The van der Waals surface area contributed by atoms with E-state index in [0.29, 0.717) is 6.04 Å². The number of nitrogens with zero attached hydrogens (tertiary/aromatic N) is 3. The third-order valence-electron chi connectivity index (χ3n) is 4.47. The molecule has 2 aromatic rings. The Hall–Kier alpha value is -1.42. The van der Waals surface area contributed by atoms with Gasteiger partial charge >= 0.3 is 0 Å². The highest BCUT2D eigenvalue weighted by Crippen LogP contribution is 2.27. The van der Waals surface area contributed by atoms with Crippen LogP contribution < -0.4 is 0 Å². The van der Waals surface area contributed by atoms with Crippen molar-refractivity contribution < 1.29 is 0 Å². The predicted octanol–water partition coefficient (Wildman–Crippen LogP) is 3.61. The van der Waals surface area contributed by atoms with Crippen LogP contribution in [-0.4, -0.2) is 41.0 Å². The minimum Gasteiger partial charge on any atom is -0.297 e. The van der Waals surface area contributed by atoms with Crippen molar-refractivity contribution >= 4 is 11.6 Å². The molecule has 1 unspecified atom stereocenters. The molecule has 2 heterocycles. The molecule has 1 atom stereocenters. The number of hydrogen-bond donors (Lipinski definition) is 0. The first kappa shape index (κ1) is 15.5. The lowest BCUT2D eigenvalue weighted by molar-refractivity contribution is 0.0979. The van der Waals surface area contributed by atoms with Gasteiger partial charge in [0.05, 0.1) is 0 Å². The van der Waals surface area contributed by atoms with Crippen LogP contribution in [0.4, 0.5) is 0 Å². The van der Waals surface area contributed by atoms with E-state index >= 15 is 0 Å². The van der Waals surface area contributed by atoms with Crippen molar-refractivity contribution in [1.29, 1.82) is 0 Å². The largest absolute Gasteiger partial charge is 0.297 e. The minimum atomic E-state index is 0.372. The summed E-state index contributed by atoms with van der Waals surface area (Å²) in [5.74, 6) is 0. The van der Waals surface area contributed by atoms with Gasteiger partial charge in [-0.05, 0) is 36.2 Å². The maximum Gasteiger partial charge on any atom is 0.0453 e. The molecule has 3 nitrogen and oxygen atoms in total. The van der Waals surface area contributed by atoms with E-state index in [1.165, 1.54) is 11.1 Å². The minimum absolute atomic E-state index is 0.372. The summed E-state index contributed by atoms with van der Waals surface area (Å²) < 4.78 is 0. The number of benzene rings is 1. The summed E-state index contributed by atoms with van der Waals surface area (Å²) in [5.41, 5.74) is 2.56. The summed E-state index contributed by atoms with van der Waals surface area (Å²) in [5, 5.41) is 0.870. The molecule has 116 valence electrons. The molecule has 0 N–H and O–H groups in total. The van der Waals surface area contributed by atoms with Crippen molar-refractivity contribution in [2.75, 3.05) is 26.2 Å². The molecule has 0 radical (unpaired) electrons. The van der Waals surface area contributed by atoms with Crippen molar-refractivity contribution in [3.63, 3.8) is 0 Å². The lowest BCUT2D eigenvalue weighted by atomic mass is 10.1. The molecular formula is C18H22ClN3. The van der Waals surface area contributed by atoms with Gasteiger partial charge in [-0.15, -0.1) is 0 Å². The molecule has 1 aromatic heterocycles. The number of rotatable bonds is 4. The quantitative estimate of drug-likeness (QED) is 0.859. The third kappa shape index (κ3) is 3.67. The zero-order chi connectivity index (χ0) is 15.4. The molecule has 1 saturated heterocycles. The van der Waals surface area contributed by atoms with Gasteiger partial charge in [-0.25, -0.2) is 0 Å². The summed E-state index contributed by atoms with van der Waals surface area (Å²) in [7, 11) is 0. The third-order valence-corrected chi connectivity index (χ3v) is 4.81. The number of piperazine rings is 1. The van der Waals surface area contributed by atoms with Crippen LogP contribution in [0.3, 0.4) is 0 Å². The van der Waals surface area contributed by atoms with E-state index in [0.717, 1.165) is 37.7 Å². The van der Waals surface area contributed by atoms with E-state index in [2.05, 4.69) is 46.0 Å². The molecule has 0 saturated carbocycles. The van der Waals surface area contributed by atoms with E-state index in [1.807, 2.05) is 24.5 Å². The van der Waals surface area contributed by atoms with E-state index in [1.54, 1.807) is 0 Å². The Kier molecular flexibility index (Phi) is 5.08. The molecular weight excluding hydrogens is 294 g/mol. The molecule has 0 bridgehead atoms. The second-order valence-electron chi connectivity index (χ2n) is 5.87. The lowest BCUT2D eigenvalue weighted by Crippen LogP contribution is -2.46. The molecule has 4 heteroatoms. The van der Waals surface area contributed by atoms with Crippen LogP contribution in [0.1, 0.15) is 24.1 Å². The summed E-state index contributed by atoms with van der Waals surface area (Å²) in [4.78, 5) is 9.10. The zero-order valence-electron chi connectivity index (χ0n) is 13.0. The Labute approximate surface area is 137 Å². The Morgan fingerprint density at radius 2 is 1.73 bits per heavy atom. The van der Waals surface area contributed by atoms with Crippen LogP contribution in [0.15, 0.2) is 48.8 Å². The molecule has 22 heavy (non-hydrogen) atoms. The van der Waals surface area contributed by atoms with Crippen molar-refractivity contribution in [1.82, 2.24) is 14.8 Å². The fourth-order valence-electron chi connectivity index (χ4n) is 3.07. The SMILES string of the molecule is CC(c1ccccc1Cl)N1CCN(Cc2ccncc2)CC1. The maximum absolute atomic E-state index is 6.33. The van der Waals surface area contributed by atoms with Crippen molar-refractivity contribution in [2.45, 2.75) is 19.5 Å². The fraction of sp³-hybridized carbons (Fsp3) is 0.389. The van der Waals surface area contributed by atoms with Crippen molar-refractivity contribution in [3.05, 3.63) is 64.9 Å². The zero-order valence-corrected chi connectivity index (χ0v) is 13.7. The molecule has 0 amide bonds. The fourth-order valence-corrected chi connectivity index (χ4v) is 3.36. The van der Waals surface area contributed by atoms with Crippen LogP contribution in [-0.2, 0) is 6.54 Å². The van der Waals surface area contributed by atoms with Crippen LogP contribution in [0.25, 0.3) is 0 Å². The van der Waals surface area contributed by atoms with Gasteiger partial charge < -0.3 is 0 Å². The average molecular weight is 316 g/mol. The van der Waals surface area contributed by atoms with Crippen LogP contribution in [0.5, 0.6) is 0 Å². The standard InChI is InChI=1S/C18H22ClN3/c1-15(17-4-2-3-5-18(17)19)22-12-10-21(11-13-22)14-16-6-8-20-9-7-16/h2-9,15H,10-14H2,1H3. The van der Waals surface area contributed by atoms with Crippen LogP contribution in [0, 0.1) is 0 Å². The molecule has 3 rings (SSSR count). The van der Waals surface area contributed by atoms with E-state index in [4.69, 9.17) is 11.6 Å². The molecule has 1 aromatic carbocycles. The number of hydrogen-bond acceptors (Lipinski definition) is 3. The Balaban J connectivity index is 1.56. The van der Waals surface area contributed by atoms with Crippen LogP contribution >= 0.6 is 11.6 Å². The summed E-state index contributed by atoms with van der Waals surface area (Å²) in [6, 6.07) is 12.7. The lowest BCUT2D eigenvalue weighted by Gasteiger charge is -2.38. The summed E-state index contributed by atoms with van der Waals surface area (Å²) in [6.07, 6.45) is 3.73. The molecule has 1 fully saturated rings. The number of halogens is 1. The van der Waals surface area contributed by atoms with Gasteiger partial charge in [-0.3, -0.25) is 14.8 Å². The first-order valence-electron chi connectivity index (χ1n) is 7.84. The average Bonchev–Trinajstić information content (AvgIpc) is 2.56. The maximum atomic E-state index is 6.33. The highest BCUT2D eigenvalue weighted by atomic mass is 35.5. The predicted molar refractivity (Wildman–Crippen MR) is 91.0 cm³/mol. The van der Waals surface area contributed by atoms with E-state index in [-0.39, 0.29) is 0 Å². The first-order valence-corrected chi connectivity index (χ1v) is 8.21. The normalized spacial score (nSPS) is 18.3. The van der Waals surface area contributed by atoms with Gasteiger partial charge in [0.1, 0.15) is 0 Å². The Bertz CT molecular complexity index is 594. The van der Waals surface area contributed by atoms with E-state index in [9.17, 15) is 0 Å². The van der Waals surface area contributed by atoms with Gasteiger partial charge in [0.2, 0.25) is 0 Å². The van der Waals surface area contributed by atoms with Crippen molar-refractivity contribution in [2.24, 2.45) is 0 Å². The Morgan fingerprint density at radius 3 is 2.41 bits per heavy atom. The first-order chi connectivity index (χ1) is 10.7. The van der Waals surface area contributed by atoms with Gasteiger partial charge in [-0.2, -0.15) is 0 Å². The topological polar surface area (TPSA) is 19.4 Å².